The Kier molecular flexibility index (Phi) is 4.85. The Balaban J connectivity index is 1.80. The molecule has 2 nitrogen and oxygen atoms in total. The third-order valence-corrected chi connectivity index (χ3v) is 2.82. The Bertz CT molecular complexity index is 422. The van der Waals surface area contributed by atoms with Crippen molar-refractivity contribution in [3.05, 3.63) is 60.7 Å². The molecular formula is C17H20O2. The van der Waals surface area contributed by atoms with E-state index in [2.05, 4.69) is 13.8 Å². The minimum absolute atomic E-state index is 0.126. The van der Waals surface area contributed by atoms with Gasteiger partial charge in [0, 0.05) is 6.42 Å². The van der Waals surface area contributed by atoms with E-state index in [0.29, 0.717) is 0 Å². The lowest BCUT2D eigenvalue weighted by molar-refractivity contribution is 0.131. The maximum atomic E-state index is 5.84. The van der Waals surface area contributed by atoms with Crippen LogP contribution in [0, 0.1) is 0 Å². The van der Waals surface area contributed by atoms with E-state index in [-0.39, 0.29) is 12.2 Å². The molecule has 0 spiro atoms. The Labute approximate surface area is 115 Å². The van der Waals surface area contributed by atoms with E-state index in [0.717, 1.165) is 17.9 Å². The van der Waals surface area contributed by atoms with Crippen molar-refractivity contribution in [3.63, 3.8) is 0 Å². The van der Waals surface area contributed by atoms with Crippen molar-refractivity contribution < 1.29 is 9.47 Å². The highest BCUT2D eigenvalue weighted by Crippen LogP contribution is 2.16. The zero-order chi connectivity index (χ0) is 13.5. The van der Waals surface area contributed by atoms with Gasteiger partial charge in [-0.1, -0.05) is 36.4 Å². The monoisotopic (exact) mass is 256 g/mol. The summed E-state index contributed by atoms with van der Waals surface area (Å²) in [5, 5.41) is 0. The molecule has 19 heavy (non-hydrogen) atoms. The molecule has 0 N–H and O–H groups in total. The molecule has 0 fully saturated rings. The Morgan fingerprint density at radius 3 is 1.42 bits per heavy atom. The summed E-state index contributed by atoms with van der Waals surface area (Å²) in [6.07, 6.45) is 1.10. The molecule has 0 aliphatic heterocycles. The van der Waals surface area contributed by atoms with Crippen LogP contribution in [0.3, 0.4) is 0 Å². The lowest BCUT2D eigenvalue weighted by atomic mass is 10.2. The highest BCUT2D eigenvalue weighted by molar-refractivity contribution is 5.22. The summed E-state index contributed by atoms with van der Waals surface area (Å²) in [4.78, 5) is 0. The van der Waals surface area contributed by atoms with Crippen LogP contribution in [-0.2, 0) is 0 Å². The number of benzene rings is 2. The van der Waals surface area contributed by atoms with E-state index in [1.165, 1.54) is 0 Å². The van der Waals surface area contributed by atoms with Crippen LogP contribution in [0.2, 0.25) is 0 Å². The Morgan fingerprint density at radius 1 is 0.684 bits per heavy atom. The highest BCUT2D eigenvalue weighted by Gasteiger charge is 2.11. The summed E-state index contributed by atoms with van der Waals surface area (Å²) >= 11 is 0. The van der Waals surface area contributed by atoms with Crippen molar-refractivity contribution in [1.29, 1.82) is 0 Å². The average molecular weight is 256 g/mol. The van der Waals surface area contributed by atoms with Crippen LogP contribution in [0.25, 0.3) is 0 Å². The summed E-state index contributed by atoms with van der Waals surface area (Å²) in [5.74, 6) is 1.81. The second kappa shape index (κ2) is 6.83. The van der Waals surface area contributed by atoms with Crippen LogP contribution in [0.4, 0.5) is 0 Å². The molecule has 0 radical (unpaired) electrons. The fraction of sp³-hybridized carbons (Fsp3) is 0.294. The average Bonchev–Trinajstić information content (AvgIpc) is 2.40. The van der Waals surface area contributed by atoms with Crippen molar-refractivity contribution in [1.82, 2.24) is 0 Å². The van der Waals surface area contributed by atoms with Gasteiger partial charge in [-0.3, -0.25) is 0 Å². The van der Waals surface area contributed by atoms with Crippen LogP contribution < -0.4 is 9.47 Å². The van der Waals surface area contributed by atoms with Crippen molar-refractivity contribution in [2.75, 3.05) is 0 Å². The van der Waals surface area contributed by atoms with Gasteiger partial charge in [-0.05, 0) is 38.1 Å². The fourth-order valence-electron chi connectivity index (χ4n) is 2.03. The number of rotatable bonds is 6. The first-order valence-corrected chi connectivity index (χ1v) is 6.67. The fourth-order valence-corrected chi connectivity index (χ4v) is 2.03. The van der Waals surface area contributed by atoms with Crippen molar-refractivity contribution in [2.45, 2.75) is 32.5 Å². The number of hydrogen-bond donors (Lipinski definition) is 0. The van der Waals surface area contributed by atoms with E-state index in [1.807, 2.05) is 60.7 Å². The molecule has 100 valence electrons. The second-order valence-corrected chi connectivity index (χ2v) is 4.72. The normalized spacial score (nSPS) is 13.6. The molecule has 0 saturated heterocycles. The van der Waals surface area contributed by atoms with Crippen LogP contribution in [0.15, 0.2) is 60.7 Å². The van der Waals surface area contributed by atoms with Gasteiger partial charge >= 0.3 is 0 Å². The topological polar surface area (TPSA) is 18.5 Å². The van der Waals surface area contributed by atoms with Gasteiger partial charge in [0.25, 0.3) is 0 Å². The molecule has 2 aromatic carbocycles. The lowest BCUT2D eigenvalue weighted by Gasteiger charge is -2.20. The smallest absolute Gasteiger partial charge is 0.119 e. The van der Waals surface area contributed by atoms with Gasteiger partial charge in [-0.25, -0.2) is 0 Å². The van der Waals surface area contributed by atoms with E-state index in [9.17, 15) is 0 Å². The maximum absolute atomic E-state index is 5.84. The maximum Gasteiger partial charge on any atom is 0.119 e. The molecule has 0 heterocycles. The minimum Gasteiger partial charge on any atom is -0.491 e. The van der Waals surface area contributed by atoms with E-state index in [1.54, 1.807) is 0 Å². The summed E-state index contributed by atoms with van der Waals surface area (Å²) in [7, 11) is 0. The van der Waals surface area contributed by atoms with Gasteiger partial charge < -0.3 is 9.47 Å². The summed E-state index contributed by atoms with van der Waals surface area (Å²) in [5.41, 5.74) is 0. The van der Waals surface area contributed by atoms with Gasteiger partial charge in [0.05, 0.1) is 12.2 Å². The quantitative estimate of drug-likeness (QED) is 0.766. The second-order valence-electron chi connectivity index (χ2n) is 4.72. The van der Waals surface area contributed by atoms with Crippen LogP contribution in [0.5, 0.6) is 11.5 Å². The molecular weight excluding hydrogens is 236 g/mol. The van der Waals surface area contributed by atoms with Gasteiger partial charge in [0.15, 0.2) is 0 Å². The van der Waals surface area contributed by atoms with Gasteiger partial charge in [0.1, 0.15) is 11.5 Å². The standard InChI is InChI=1S/C17H20O2/c1-14(18-16-9-5-3-6-10-16)13-15(2)19-17-11-7-4-8-12-17/h3-12,14-15H,13H2,1-2H3. The van der Waals surface area contributed by atoms with Crippen molar-refractivity contribution in [2.24, 2.45) is 0 Å². The van der Waals surface area contributed by atoms with Gasteiger partial charge in [-0.15, -0.1) is 0 Å². The molecule has 0 amide bonds. The molecule has 2 aromatic rings. The first-order valence-electron chi connectivity index (χ1n) is 6.67. The lowest BCUT2D eigenvalue weighted by Crippen LogP contribution is -2.22. The Hall–Kier alpha value is -1.96. The molecule has 0 aromatic heterocycles. The largest absolute Gasteiger partial charge is 0.491 e. The zero-order valence-corrected chi connectivity index (χ0v) is 11.5. The van der Waals surface area contributed by atoms with Crippen LogP contribution in [-0.4, -0.2) is 12.2 Å². The van der Waals surface area contributed by atoms with Crippen LogP contribution >= 0.6 is 0 Å². The first kappa shape index (κ1) is 13.5. The highest BCUT2D eigenvalue weighted by atomic mass is 16.5. The molecule has 2 rings (SSSR count). The molecule has 0 aliphatic rings. The molecule has 0 bridgehead atoms. The number of hydrogen-bond acceptors (Lipinski definition) is 2. The summed E-state index contributed by atoms with van der Waals surface area (Å²) in [6.45, 7) is 4.13. The number of ether oxygens (including phenoxy) is 2. The molecule has 2 unspecified atom stereocenters. The summed E-state index contributed by atoms with van der Waals surface area (Å²) in [6, 6.07) is 19.8. The third-order valence-electron chi connectivity index (χ3n) is 2.82. The molecule has 2 heteroatoms. The van der Waals surface area contributed by atoms with E-state index in [4.69, 9.17) is 9.47 Å². The molecule has 0 saturated carbocycles. The van der Waals surface area contributed by atoms with Gasteiger partial charge in [-0.2, -0.15) is 0 Å². The predicted molar refractivity (Wildman–Crippen MR) is 77.7 cm³/mol. The Morgan fingerprint density at radius 2 is 1.05 bits per heavy atom. The number of para-hydroxylation sites is 2. The predicted octanol–water partition coefficient (Wildman–Crippen LogP) is 4.31. The third kappa shape index (κ3) is 4.66. The van der Waals surface area contributed by atoms with Crippen molar-refractivity contribution in [3.8, 4) is 11.5 Å². The molecule has 2 atom stereocenters. The first-order chi connectivity index (χ1) is 9.24. The van der Waals surface area contributed by atoms with Gasteiger partial charge in [0.2, 0.25) is 0 Å². The summed E-state index contributed by atoms with van der Waals surface area (Å²) < 4.78 is 11.7. The van der Waals surface area contributed by atoms with Crippen LogP contribution in [0.1, 0.15) is 20.3 Å². The van der Waals surface area contributed by atoms with E-state index >= 15 is 0 Å². The zero-order valence-electron chi connectivity index (χ0n) is 11.5. The van der Waals surface area contributed by atoms with E-state index < -0.39 is 0 Å². The van der Waals surface area contributed by atoms with Crippen molar-refractivity contribution >= 4 is 0 Å². The SMILES string of the molecule is CC(CC(C)Oc1ccccc1)Oc1ccccc1. The molecule has 0 aliphatic carbocycles. The minimum atomic E-state index is 0.126.